The van der Waals surface area contributed by atoms with Crippen molar-refractivity contribution < 1.29 is 19.4 Å². The molecule has 1 aromatic heterocycles. The summed E-state index contributed by atoms with van der Waals surface area (Å²) in [5.41, 5.74) is 3.91. The molecule has 5 rings (SSSR count). The number of hydrogen-bond acceptors (Lipinski definition) is 5. The number of amides is 1. The Kier molecular flexibility index (Phi) is 9.54. The van der Waals surface area contributed by atoms with Crippen LogP contribution in [0.5, 0.6) is 11.5 Å². The number of ether oxygens (including phenoxy) is 2. The molecule has 0 saturated heterocycles. The van der Waals surface area contributed by atoms with Crippen molar-refractivity contribution in [2.45, 2.75) is 39.2 Å². The zero-order valence-corrected chi connectivity index (χ0v) is 22.0. The van der Waals surface area contributed by atoms with Gasteiger partial charge in [0.15, 0.2) is 0 Å². The molecule has 2 N–H and O–H groups in total. The van der Waals surface area contributed by atoms with E-state index in [0.717, 1.165) is 34.7 Å². The van der Waals surface area contributed by atoms with Crippen LogP contribution < -0.4 is 14.8 Å². The number of fused-ring (bicyclic) bond motifs is 11. The number of nitrogens with zero attached hydrogens (tertiary/aromatic N) is 2. The Morgan fingerprint density at radius 1 is 1.00 bits per heavy atom. The van der Waals surface area contributed by atoms with Crippen LogP contribution in [0.2, 0.25) is 0 Å². The summed E-state index contributed by atoms with van der Waals surface area (Å²) < 4.78 is 13.4. The highest BCUT2D eigenvalue weighted by Gasteiger charge is 2.20. The second kappa shape index (κ2) is 13.4. The molecular weight excluding hydrogens is 478 g/mol. The normalized spacial score (nSPS) is 19.7. The number of hydrogen-bond donors (Lipinski definition) is 2. The van der Waals surface area contributed by atoms with Crippen molar-refractivity contribution in [1.82, 2.24) is 15.1 Å². The van der Waals surface area contributed by atoms with Gasteiger partial charge in [0, 0.05) is 11.8 Å². The molecule has 3 aromatic rings. The van der Waals surface area contributed by atoms with Crippen LogP contribution >= 0.6 is 0 Å². The van der Waals surface area contributed by atoms with E-state index in [2.05, 4.69) is 5.32 Å². The second-order valence-electron chi connectivity index (χ2n) is 8.99. The third-order valence-corrected chi connectivity index (χ3v) is 6.11. The Morgan fingerprint density at radius 3 is 2.45 bits per heavy atom. The van der Waals surface area contributed by atoms with Crippen LogP contribution in [-0.4, -0.2) is 46.7 Å². The average molecular weight is 514 g/mol. The molecule has 7 heteroatoms. The van der Waals surface area contributed by atoms with Crippen molar-refractivity contribution in [2.24, 2.45) is 0 Å². The van der Waals surface area contributed by atoms with Crippen molar-refractivity contribution in [1.29, 1.82) is 0 Å². The van der Waals surface area contributed by atoms with Crippen LogP contribution in [0.25, 0.3) is 17.0 Å². The minimum atomic E-state index is -0.436. The molecule has 0 aliphatic carbocycles. The molecule has 38 heavy (non-hydrogen) atoms. The standard InChI is InChI=1S/C31H35N3O4/c1-3-8-28-30(9-4-2)34-17-16-29(33-34)24-10-7-11-27(21-24)38-19-6-5-18-37-26-14-12-23(13-15-26)20-25(22-35)32-31(28)36/h5-17,21,25,35H,3-4,18-20,22H2,1-2H3,(H,32,36)/b6-5+,28-8+,30-9-. The van der Waals surface area contributed by atoms with E-state index in [1.807, 2.05) is 98.9 Å². The van der Waals surface area contributed by atoms with Crippen molar-refractivity contribution in [3.8, 4) is 22.8 Å². The van der Waals surface area contributed by atoms with E-state index in [0.29, 0.717) is 37.3 Å². The molecule has 1 unspecified atom stereocenters. The highest BCUT2D eigenvalue weighted by molar-refractivity contribution is 6.05. The van der Waals surface area contributed by atoms with Gasteiger partial charge in [0.2, 0.25) is 0 Å². The SMILES string of the molecule is CC/C=C1/C(=C\CC)C(=O)NC(CO)Cc2ccc(cc2)OC/C=C/COc2cccc(c2)-c2ccn1n2. The molecular formula is C31H35N3O4. The summed E-state index contributed by atoms with van der Waals surface area (Å²) >= 11 is 0. The molecule has 2 aliphatic heterocycles. The Balaban J connectivity index is 1.70. The van der Waals surface area contributed by atoms with E-state index in [1.54, 1.807) is 4.68 Å². The number of benzene rings is 2. The fourth-order valence-corrected chi connectivity index (χ4v) is 4.25. The van der Waals surface area contributed by atoms with Gasteiger partial charge in [-0.3, -0.25) is 4.79 Å². The third-order valence-electron chi connectivity index (χ3n) is 6.11. The lowest BCUT2D eigenvalue weighted by Crippen LogP contribution is -2.40. The maximum absolute atomic E-state index is 13.5. The van der Waals surface area contributed by atoms with Gasteiger partial charge in [-0.15, -0.1) is 0 Å². The summed E-state index contributed by atoms with van der Waals surface area (Å²) in [6.07, 6.45) is 11.5. The van der Waals surface area contributed by atoms with Gasteiger partial charge in [-0.2, -0.15) is 5.10 Å². The molecule has 2 aliphatic rings. The molecule has 3 heterocycles. The maximum Gasteiger partial charge on any atom is 0.253 e. The summed E-state index contributed by atoms with van der Waals surface area (Å²) in [4.78, 5) is 13.5. The Labute approximate surface area is 224 Å². The smallest absolute Gasteiger partial charge is 0.253 e. The molecule has 198 valence electrons. The van der Waals surface area contributed by atoms with Gasteiger partial charge in [-0.25, -0.2) is 4.68 Å². The van der Waals surface area contributed by atoms with Crippen LogP contribution in [0.3, 0.4) is 0 Å². The molecule has 7 nitrogen and oxygen atoms in total. The monoisotopic (exact) mass is 513 g/mol. The summed E-state index contributed by atoms with van der Waals surface area (Å²) in [6, 6.07) is 17.0. The quantitative estimate of drug-likeness (QED) is 0.372. The van der Waals surface area contributed by atoms with E-state index in [4.69, 9.17) is 14.6 Å². The van der Waals surface area contributed by atoms with Gasteiger partial charge in [-0.1, -0.05) is 50.3 Å². The van der Waals surface area contributed by atoms with Crippen molar-refractivity contribution in [3.05, 3.63) is 96.2 Å². The first-order valence-electron chi connectivity index (χ1n) is 13.1. The number of rotatable bonds is 3. The lowest BCUT2D eigenvalue weighted by Gasteiger charge is -2.19. The van der Waals surface area contributed by atoms with Crippen LogP contribution in [0.1, 0.15) is 32.3 Å². The van der Waals surface area contributed by atoms with E-state index in [9.17, 15) is 9.90 Å². The van der Waals surface area contributed by atoms with Crippen LogP contribution in [0.4, 0.5) is 0 Å². The largest absolute Gasteiger partial charge is 0.490 e. The maximum atomic E-state index is 13.5. The predicted octanol–water partition coefficient (Wildman–Crippen LogP) is 5.18. The average Bonchev–Trinajstić information content (AvgIpc) is 3.43. The van der Waals surface area contributed by atoms with Crippen molar-refractivity contribution in [2.75, 3.05) is 19.8 Å². The molecule has 0 spiro atoms. The number of aliphatic hydroxyl groups excluding tert-OH is 1. The number of aromatic nitrogens is 2. The second-order valence-corrected chi connectivity index (χ2v) is 8.99. The lowest BCUT2D eigenvalue weighted by molar-refractivity contribution is -0.118. The zero-order valence-electron chi connectivity index (χ0n) is 22.0. The van der Waals surface area contributed by atoms with Gasteiger partial charge in [0.1, 0.15) is 24.7 Å². The minimum Gasteiger partial charge on any atom is -0.490 e. The number of carbonyl (C=O) groups excluding carboxylic acids is 1. The molecule has 0 fully saturated rings. The zero-order chi connectivity index (χ0) is 26.7. The summed E-state index contributed by atoms with van der Waals surface area (Å²) in [6.45, 7) is 4.70. The first-order chi connectivity index (χ1) is 18.6. The number of nitrogens with one attached hydrogen (secondary N) is 1. The van der Waals surface area contributed by atoms with Gasteiger partial charge in [-0.05, 0) is 67.3 Å². The highest BCUT2D eigenvalue weighted by Crippen LogP contribution is 2.25. The number of aliphatic hydroxyl groups is 1. The van der Waals surface area contributed by atoms with Gasteiger partial charge in [0.25, 0.3) is 5.91 Å². The summed E-state index contributed by atoms with van der Waals surface area (Å²) in [7, 11) is 0. The van der Waals surface area contributed by atoms with Gasteiger partial charge in [0.05, 0.1) is 29.6 Å². The minimum absolute atomic E-state index is 0.175. The fourth-order valence-electron chi connectivity index (χ4n) is 4.25. The van der Waals surface area contributed by atoms with E-state index in [-0.39, 0.29) is 12.5 Å². The van der Waals surface area contributed by atoms with E-state index in [1.165, 1.54) is 0 Å². The van der Waals surface area contributed by atoms with Crippen LogP contribution in [0, 0.1) is 0 Å². The summed E-state index contributed by atoms with van der Waals surface area (Å²) in [5.74, 6) is 1.25. The van der Waals surface area contributed by atoms with Crippen LogP contribution in [0.15, 0.2) is 90.7 Å². The highest BCUT2D eigenvalue weighted by atomic mass is 16.5. The molecule has 6 bridgehead atoms. The topological polar surface area (TPSA) is 85.6 Å². The Bertz CT molecular complexity index is 1300. The molecule has 1 amide bonds. The van der Waals surface area contributed by atoms with Gasteiger partial charge >= 0.3 is 0 Å². The molecule has 1 atom stereocenters. The first kappa shape index (κ1) is 26.9. The van der Waals surface area contributed by atoms with E-state index >= 15 is 0 Å². The Hall–Kier alpha value is -4.10. The number of allylic oxidation sites excluding steroid dienone is 2. The van der Waals surface area contributed by atoms with Crippen molar-refractivity contribution >= 4 is 11.6 Å². The van der Waals surface area contributed by atoms with Crippen molar-refractivity contribution in [3.63, 3.8) is 0 Å². The first-order valence-corrected chi connectivity index (χ1v) is 13.1. The molecule has 0 saturated carbocycles. The third kappa shape index (κ3) is 7.01. The lowest BCUT2D eigenvalue weighted by atomic mass is 10.0. The Morgan fingerprint density at radius 2 is 1.74 bits per heavy atom. The summed E-state index contributed by atoms with van der Waals surface area (Å²) in [5, 5.41) is 17.9. The fraction of sp³-hybridized carbons (Fsp3) is 0.290. The van der Waals surface area contributed by atoms with E-state index < -0.39 is 6.04 Å². The molecule has 2 aromatic carbocycles. The predicted molar refractivity (Wildman–Crippen MR) is 150 cm³/mol. The molecule has 0 radical (unpaired) electrons. The number of carbonyl (C=O) groups is 1. The van der Waals surface area contributed by atoms with Crippen LogP contribution in [-0.2, 0) is 11.2 Å². The van der Waals surface area contributed by atoms with Gasteiger partial charge < -0.3 is 19.9 Å².